The molecule has 152 valence electrons. The van der Waals surface area contributed by atoms with Crippen molar-refractivity contribution in [2.24, 2.45) is 0 Å². The van der Waals surface area contributed by atoms with Crippen LogP contribution in [-0.2, 0) is 17.4 Å². The minimum Gasteiger partial charge on any atom is -0.326 e. The number of nitrogens with zero attached hydrogens (tertiary/aromatic N) is 5. The van der Waals surface area contributed by atoms with Crippen molar-refractivity contribution in [3.05, 3.63) is 56.7 Å². The zero-order chi connectivity index (χ0) is 21.5. The first kappa shape index (κ1) is 20.2. The second-order valence-corrected chi connectivity index (χ2v) is 6.39. The van der Waals surface area contributed by atoms with Crippen molar-refractivity contribution in [3.63, 3.8) is 0 Å². The molecule has 0 aliphatic carbocycles. The van der Waals surface area contributed by atoms with Crippen molar-refractivity contribution in [2.75, 3.05) is 5.32 Å². The van der Waals surface area contributed by atoms with Crippen LogP contribution in [0.25, 0.3) is 5.78 Å². The van der Waals surface area contributed by atoms with Gasteiger partial charge in [0, 0.05) is 34.3 Å². The third-order valence-corrected chi connectivity index (χ3v) is 4.33. The molecule has 1 amide bonds. The average Bonchev–Trinajstić information content (AvgIpc) is 3.04. The fourth-order valence-electron chi connectivity index (χ4n) is 2.83. The zero-order valence-corrected chi connectivity index (χ0v) is 15.5. The Kier molecular flexibility index (Phi) is 4.95. The number of rotatable bonds is 4. The third-order valence-electron chi connectivity index (χ3n) is 4.33. The van der Waals surface area contributed by atoms with Crippen LogP contribution in [0.15, 0.2) is 18.2 Å². The van der Waals surface area contributed by atoms with E-state index in [0.29, 0.717) is 22.5 Å². The lowest BCUT2D eigenvalue weighted by molar-refractivity contribution is -0.385. The summed E-state index contributed by atoms with van der Waals surface area (Å²) in [5.74, 6) is -2.04. The molecule has 2 aromatic heterocycles. The maximum Gasteiger partial charge on any atom is 0.453 e. The van der Waals surface area contributed by atoms with Crippen LogP contribution in [0.4, 0.5) is 24.5 Å². The van der Waals surface area contributed by atoms with E-state index in [1.54, 1.807) is 13.8 Å². The quantitative estimate of drug-likeness (QED) is 0.524. The third kappa shape index (κ3) is 4.00. The number of aromatic nitrogens is 4. The van der Waals surface area contributed by atoms with E-state index < -0.39 is 22.8 Å². The summed E-state index contributed by atoms with van der Waals surface area (Å²) in [6, 6.07) is 4.27. The fourth-order valence-corrected chi connectivity index (χ4v) is 2.83. The summed E-state index contributed by atoms with van der Waals surface area (Å²) >= 11 is 0. The molecule has 0 atom stereocenters. The van der Waals surface area contributed by atoms with Crippen LogP contribution in [0.3, 0.4) is 0 Å². The lowest BCUT2D eigenvalue weighted by Crippen LogP contribution is -2.18. The van der Waals surface area contributed by atoms with Gasteiger partial charge in [-0.3, -0.25) is 14.9 Å². The maximum atomic E-state index is 12.9. The van der Waals surface area contributed by atoms with E-state index in [9.17, 15) is 28.1 Å². The number of alkyl halides is 3. The van der Waals surface area contributed by atoms with E-state index in [1.165, 1.54) is 25.1 Å². The van der Waals surface area contributed by atoms with Gasteiger partial charge in [0.25, 0.3) is 17.3 Å². The molecule has 0 saturated carbocycles. The number of anilines is 1. The molecule has 3 aromatic rings. The molecule has 1 aromatic carbocycles. The molecular weight excluding hydrogens is 393 g/mol. The smallest absolute Gasteiger partial charge is 0.326 e. The number of nitro benzene ring substituents is 1. The number of aryl methyl sites for hydroxylation is 3. The number of hydrogen-bond donors (Lipinski definition) is 1. The molecule has 9 nitrogen and oxygen atoms in total. The lowest BCUT2D eigenvalue weighted by atomic mass is 10.1. The molecule has 0 bridgehead atoms. The largest absolute Gasteiger partial charge is 0.453 e. The second-order valence-electron chi connectivity index (χ2n) is 6.39. The van der Waals surface area contributed by atoms with Gasteiger partial charge in [0.1, 0.15) is 0 Å². The molecule has 0 fully saturated rings. The molecule has 0 aliphatic heterocycles. The first-order valence-electron chi connectivity index (χ1n) is 8.32. The van der Waals surface area contributed by atoms with E-state index in [1.807, 2.05) is 0 Å². The highest BCUT2D eigenvalue weighted by Crippen LogP contribution is 2.27. The molecule has 0 unspecified atom stereocenters. The molecule has 3 rings (SSSR count). The molecule has 0 spiro atoms. The normalized spacial score (nSPS) is 11.7. The number of fused-ring (bicyclic) bond motifs is 1. The summed E-state index contributed by atoms with van der Waals surface area (Å²) in [6.45, 7) is 4.63. The molecule has 12 heteroatoms. The Bertz CT molecular complexity index is 1140. The summed E-state index contributed by atoms with van der Waals surface area (Å²) < 4.78 is 39.5. The number of nitro groups is 1. The van der Waals surface area contributed by atoms with Gasteiger partial charge in [-0.15, -0.1) is 5.10 Å². The number of nitrogens with one attached hydrogen (secondary N) is 1. The maximum absolute atomic E-state index is 12.9. The number of amides is 1. The van der Waals surface area contributed by atoms with Gasteiger partial charge in [-0.2, -0.15) is 18.2 Å². The highest BCUT2D eigenvalue weighted by atomic mass is 19.4. The van der Waals surface area contributed by atoms with Crippen LogP contribution < -0.4 is 5.32 Å². The Labute approximate surface area is 161 Å². The topological polar surface area (TPSA) is 115 Å². The van der Waals surface area contributed by atoms with E-state index >= 15 is 0 Å². The SMILES string of the molecule is Cc1ccc(NC(=O)Cc2c(C)nc3nc(C(F)(F)F)nn3c2C)cc1[N+](=O)[O-]. The summed E-state index contributed by atoms with van der Waals surface area (Å²) in [7, 11) is 0. The van der Waals surface area contributed by atoms with Crippen molar-refractivity contribution < 1.29 is 22.9 Å². The Morgan fingerprint density at radius 1 is 1.24 bits per heavy atom. The molecular formula is C17H15F3N6O3. The van der Waals surface area contributed by atoms with Gasteiger partial charge in [0.2, 0.25) is 5.91 Å². The van der Waals surface area contributed by atoms with Crippen LogP contribution >= 0.6 is 0 Å². The second kappa shape index (κ2) is 7.11. The number of carbonyl (C=O) groups excluding carboxylic acids is 1. The van der Waals surface area contributed by atoms with Crippen LogP contribution in [0.2, 0.25) is 0 Å². The summed E-state index contributed by atoms with van der Waals surface area (Å²) in [6.07, 6.45) is -4.92. The van der Waals surface area contributed by atoms with Crippen LogP contribution in [0.5, 0.6) is 0 Å². The van der Waals surface area contributed by atoms with Gasteiger partial charge in [-0.1, -0.05) is 6.07 Å². The number of halogens is 3. The van der Waals surface area contributed by atoms with Gasteiger partial charge in [0.05, 0.1) is 11.3 Å². The molecule has 0 saturated heterocycles. The number of benzene rings is 1. The Morgan fingerprint density at radius 3 is 2.55 bits per heavy atom. The zero-order valence-electron chi connectivity index (χ0n) is 15.5. The van der Waals surface area contributed by atoms with Crippen molar-refractivity contribution in [3.8, 4) is 0 Å². The summed E-state index contributed by atoms with van der Waals surface area (Å²) in [4.78, 5) is 30.3. The molecule has 2 heterocycles. The molecule has 29 heavy (non-hydrogen) atoms. The van der Waals surface area contributed by atoms with Gasteiger partial charge < -0.3 is 5.32 Å². The van der Waals surface area contributed by atoms with Crippen molar-refractivity contribution in [1.82, 2.24) is 19.6 Å². The first-order valence-corrected chi connectivity index (χ1v) is 8.32. The minimum absolute atomic E-state index is 0.138. The van der Waals surface area contributed by atoms with E-state index in [-0.39, 0.29) is 23.6 Å². The minimum atomic E-state index is -4.72. The number of carbonyl (C=O) groups is 1. The van der Waals surface area contributed by atoms with Crippen molar-refractivity contribution in [1.29, 1.82) is 0 Å². The van der Waals surface area contributed by atoms with Crippen molar-refractivity contribution in [2.45, 2.75) is 33.4 Å². The van der Waals surface area contributed by atoms with E-state index in [4.69, 9.17) is 0 Å². The van der Waals surface area contributed by atoms with Gasteiger partial charge in [0.15, 0.2) is 0 Å². The monoisotopic (exact) mass is 408 g/mol. The Morgan fingerprint density at radius 2 is 1.93 bits per heavy atom. The predicted octanol–water partition coefficient (Wildman–Crippen LogP) is 3.16. The van der Waals surface area contributed by atoms with E-state index in [0.717, 1.165) is 4.52 Å². The van der Waals surface area contributed by atoms with E-state index in [2.05, 4.69) is 20.4 Å². The molecule has 1 N–H and O–H groups in total. The lowest BCUT2D eigenvalue weighted by Gasteiger charge is -2.11. The first-order chi connectivity index (χ1) is 13.5. The summed E-state index contributed by atoms with van der Waals surface area (Å²) in [5.41, 5.74) is 1.55. The standard InChI is InChI=1S/C17H15F3N6O3/c1-8-4-5-11(6-13(8)26(28)29)22-14(27)7-12-9(2)21-16-23-15(17(18,19)20)24-25(16)10(12)3/h4-6H,7H2,1-3H3,(H,22,27). The van der Waals surface area contributed by atoms with Crippen LogP contribution in [-0.4, -0.2) is 30.4 Å². The van der Waals surface area contributed by atoms with Gasteiger partial charge in [-0.25, -0.2) is 9.50 Å². The van der Waals surface area contributed by atoms with Crippen molar-refractivity contribution >= 4 is 23.1 Å². The predicted molar refractivity (Wildman–Crippen MR) is 95.4 cm³/mol. The molecule has 0 radical (unpaired) electrons. The van der Waals surface area contributed by atoms with Crippen LogP contribution in [0.1, 0.15) is 28.3 Å². The Hall–Kier alpha value is -3.57. The highest BCUT2D eigenvalue weighted by molar-refractivity contribution is 5.93. The summed E-state index contributed by atoms with van der Waals surface area (Å²) in [5, 5.41) is 17.0. The Balaban J connectivity index is 1.89. The number of hydrogen-bond acceptors (Lipinski definition) is 6. The molecule has 0 aliphatic rings. The highest BCUT2D eigenvalue weighted by Gasteiger charge is 2.37. The fraction of sp³-hybridized carbons (Fsp3) is 0.294. The van der Waals surface area contributed by atoms with Gasteiger partial charge in [-0.05, 0) is 26.8 Å². The average molecular weight is 408 g/mol. The van der Waals surface area contributed by atoms with Gasteiger partial charge >= 0.3 is 6.18 Å². The van der Waals surface area contributed by atoms with Crippen LogP contribution in [0, 0.1) is 30.9 Å².